The molecule has 0 bridgehead atoms. The molecule has 4 aromatic rings. The monoisotopic (exact) mass is 375 g/mol. The summed E-state index contributed by atoms with van der Waals surface area (Å²) in [4.78, 5) is 25.2. The lowest BCUT2D eigenvalue weighted by atomic mass is 10.1. The topological polar surface area (TPSA) is 77.1 Å². The smallest absolute Gasteiger partial charge is 0.275 e. The Hall–Kier alpha value is -3.41. The number of benzene rings is 2. The van der Waals surface area contributed by atoms with E-state index in [0.29, 0.717) is 16.8 Å². The Kier molecular flexibility index (Phi) is 4.47. The van der Waals surface area contributed by atoms with Crippen LogP contribution in [0.1, 0.15) is 30.0 Å². The van der Waals surface area contributed by atoms with Crippen molar-refractivity contribution in [2.45, 2.75) is 33.4 Å². The van der Waals surface area contributed by atoms with Crippen molar-refractivity contribution in [1.82, 2.24) is 15.1 Å². The number of fused-ring (bicyclic) bond motifs is 2. The second-order valence-corrected chi connectivity index (χ2v) is 6.97. The van der Waals surface area contributed by atoms with Crippen LogP contribution in [-0.2, 0) is 11.3 Å². The zero-order valence-electron chi connectivity index (χ0n) is 16.0. The minimum Gasteiger partial charge on any atom is -0.459 e. The molecule has 0 fully saturated rings. The van der Waals surface area contributed by atoms with Crippen LogP contribution in [0.4, 0.5) is 0 Å². The Balaban J connectivity index is 1.57. The van der Waals surface area contributed by atoms with Gasteiger partial charge in [-0.1, -0.05) is 36.4 Å². The molecule has 28 heavy (non-hydrogen) atoms. The molecule has 1 amide bonds. The number of amides is 1. The van der Waals surface area contributed by atoms with Gasteiger partial charge in [0.05, 0.1) is 17.1 Å². The van der Waals surface area contributed by atoms with E-state index in [2.05, 4.69) is 10.4 Å². The molecule has 0 aliphatic carbocycles. The maximum atomic E-state index is 12.6. The summed E-state index contributed by atoms with van der Waals surface area (Å²) < 4.78 is 7.13. The van der Waals surface area contributed by atoms with Crippen molar-refractivity contribution in [3.8, 4) is 0 Å². The molecular weight excluding hydrogens is 354 g/mol. The fraction of sp³-hybridized carbons (Fsp3) is 0.227. The van der Waals surface area contributed by atoms with Crippen LogP contribution >= 0.6 is 0 Å². The summed E-state index contributed by atoms with van der Waals surface area (Å²) in [5.74, 6) is 0.418. The number of para-hydroxylation sites is 1. The number of furan rings is 1. The highest BCUT2D eigenvalue weighted by Gasteiger charge is 2.19. The summed E-state index contributed by atoms with van der Waals surface area (Å²) in [5.41, 5.74) is 2.23. The first kappa shape index (κ1) is 18.0. The maximum Gasteiger partial charge on any atom is 0.275 e. The lowest BCUT2D eigenvalue weighted by molar-refractivity contribution is -0.122. The summed E-state index contributed by atoms with van der Waals surface area (Å²) in [7, 11) is 0. The van der Waals surface area contributed by atoms with Gasteiger partial charge in [-0.15, -0.1) is 0 Å². The first-order valence-corrected chi connectivity index (χ1v) is 9.19. The van der Waals surface area contributed by atoms with Crippen LogP contribution in [0, 0.1) is 13.8 Å². The molecule has 1 atom stereocenters. The Morgan fingerprint density at radius 2 is 1.71 bits per heavy atom. The molecule has 0 spiro atoms. The molecule has 2 aromatic carbocycles. The quantitative estimate of drug-likeness (QED) is 0.591. The van der Waals surface area contributed by atoms with Gasteiger partial charge in [0.1, 0.15) is 17.9 Å². The molecule has 0 aliphatic rings. The number of aromatic nitrogens is 2. The fourth-order valence-electron chi connectivity index (χ4n) is 3.61. The van der Waals surface area contributed by atoms with Gasteiger partial charge in [0.25, 0.3) is 5.56 Å². The van der Waals surface area contributed by atoms with Crippen molar-refractivity contribution in [3.63, 3.8) is 0 Å². The number of aryl methyl sites for hydroxylation is 2. The highest BCUT2D eigenvalue weighted by atomic mass is 16.3. The van der Waals surface area contributed by atoms with E-state index in [1.165, 1.54) is 4.68 Å². The second-order valence-electron chi connectivity index (χ2n) is 6.97. The average molecular weight is 375 g/mol. The lowest BCUT2D eigenvalue weighted by Crippen LogP contribution is -2.35. The molecule has 1 N–H and O–H groups in total. The standard InChI is InChI=1S/C22H21N3O3/c1-13-16-8-6-7-11-19(16)28-21(13)15(3)23-20(26)12-25-22(27)18-10-5-4-9-17(18)14(2)24-25/h4-11,15H,12H2,1-3H3,(H,23,26). The average Bonchev–Trinajstić information content (AvgIpc) is 3.03. The van der Waals surface area contributed by atoms with Crippen LogP contribution in [0.2, 0.25) is 0 Å². The molecule has 1 unspecified atom stereocenters. The normalized spacial score (nSPS) is 12.4. The predicted octanol–water partition coefficient (Wildman–Crippen LogP) is 3.64. The number of hydrogen-bond donors (Lipinski definition) is 1. The van der Waals surface area contributed by atoms with E-state index < -0.39 is 0 Å². The molecule has 0 saturated carbocycles. The van der Waals surface area contributed by atoms with E-state index >= 15 is 0 Å². The highest BCUT2D eigenvalue weighted by Crippen LogP contribution is 2.29. The first-order chi connectivity index (χ1) is 13.5. The van der Waals surface area contributed by atoms with Crippen molar-refractivity contribution in [2.75, 3.05) is 0 Å². The largest absolute Gasteiger partial charge is 0.459 e. The molecule has 4 rings (SSSR count). The summed E-state index contributed by atoms with van der Waals surface area (Å²) in [6, 6.07) is 14.7. The number of rotatable bonds is 4. The number of carbonyl (C=O) groups excluding carboxylic acids is 1. The van der Waals surface area contributed by atoms with Crippen LogP contribution in [0.5, 0.6) is 0 Å². The molecule has 6 nitrogen and oxygen atoms in total. The Labute approximate surface area is 161 Å². The van der Waals surface area contributed by atoms with Crippen LogP contribution < -0.4 is 10.9 Å². The zero-order chi connectivity index (χ0) is 19.8. The predicted molar refractivity (Wildman–Crippen MR) is 108 cm³/mol. The molecule has 2 aromatic heterocycles. The third-order valence-corrected chi connectivity index (χ3v) is 5.00. The van der Waals surface area contributed by atoms with Crippen molar-refractivity contribution < 1.29 is 9.21 Å². The van der Waals surface area contributed by atoms with Gasteiger partial charge < -0.3 is 9.73 Å². The van der Waals surface area contributed by atoms with Gasteiger partial charge in [-0.25, -0.2) is 4.68 Å². The van der Waals surface area contributed by atoms with Gasteiger partial charge in [0.2, 0.25) is 5.91 Å². The molecule has 142 valence electrons. The van der Waals surface area contributed by atoms with Crippen LogP contribution in [-0.4, -0.2) is 15.7 Å². The van der Waals surface area contributed by atoms with Gasteiger partial charge in [-0.05, 0) is 32.9 Å². The highest BCUT2D eigenvalue weighted by molar-refractivity contribution is 5.84. The Bertz CT molecular complexity index is 1250. The SMILES string of the molecule is Cc1c(C(C)NC(=O)Cn2nc(C)c3ccccc3c2=O)oc2ccccc12. The van der Waals surface area contributed by atoms with E-state index in [4.69, 9.17) is 4.42 Å². The van der Waals surface area contributed by atoms with Crippen molar-refractivity contribution in [1.29, 1.82) is 0 Å². The molecule has 0 radical (unpaired) electrons. The summed E-state index contributed by atoms with van der Waals surface area (Å²) in [6.07, 6.45) is 0. The van der Waals surface area contributed by atoms with Crippen LogP contribution in [0.3, 0.4) is 0 Å². The number of hydrogen-bond acceptors (Lipinski definition) is 4. The molecule has 0 saturated heterocycles. The van der Waals surface area contributed by atoms with Gasteiger partial charge in [0.15, 0.2) is 0 Å². The fourth-order valence-corrected chi connectivity index (χ4v) is 3.61. The Morgan fingerprint density at radius 1 is 1.07 bits per heavy atom. The van der Waals surface area contributed by atoms with Gasteiger partial charge in [-0.2, -0.15) is 5.10 Å². The van der Waals surface area contributed by atoms with Crippen molar-refractivity contribution >= 4 is 27.6 Å². The Morgan fingerprint density at radius 3 is 2.43 bits per heavy atom. The molecular formula is C22H21N3O3. The summed E-state index contributed by atoms with van der Waals surface area (Å²) in [6.45, 7) is 5.53. The lowest BCUT2D eigenvalue weighted by Gasteiger charge is -2.14. The van der Waals surface area contributed by atoms with Crippen LogP contribution in [0.15, 0.2) is 57.7 Å². The number of carbonyl (C=O) groups is 1. The summed E-state index contributed by atoms with van der Waals surface area (Å²) in [5, 5.41) is 9.59. The van der Waals surface area contributed by atoms with E-state index in [1.807, 2.05) is 57.2 Å². The minimum absolute atomic E-state index is 0.145. The van der Waals surface area contributed by atoms with E-state index in [1.54, 1.807) is 12.1 Å². The van der Waals surface area contributed by atoms with E-state index in [9.17, 15) is 9.59 Å². The number of nitrogens with zero attached hydrogens (tertiary/aromatic N) is 2. The van der Waals surface area contributed by atoms with Gasteiger partial charge in [-0.3, -0.25) is 9.59 Å². The zero-order valence-corrected chi connectivity index (χ0v) is 16.0. The van der Waals surface area contributed by atoms with Crippen molar-refractivity contribution in [2.24, 2.45) is 0 Å². The van der Waals surface area contributed by atoms with E-state index in [-0.39, 0.29) is 24.1 Å². The third-order valence-electron chi connectivity index (χ3n) is 5.00. The second kappa shape index (κ2) is 6.96. The van der Waals surface area contributed by atoms with E-state index in [0.717, 1.165) is 21.9 Å². The van der Waals surface area contributed by atoms with Crippen molar-refractivity contribution in [3.05, 3.63) is 75.9 Å². The first-order valence-electron chi connectivity index (χ1n) is 9.19. The van der Waals surface area contributed by atoms with Crippen LogP contribution in [0.25, 0.3) is 21.7 Å². The third kappa shape index (κ3) is 3.07. The minimum atomic E-state index is -0.322. The summed E-state index contributed by atoms with van der Waals surface area (Å²) >= 11 is 0. The van der Waals surface area contributed by atoms with Gasteiger partial charge >= 0.3 is 0 Å². The molecule has 2 heterocycles. The molecule has 6 heteroatoms. The number of nitrogens with one attached hydrogen (secondary N) is 1. The van der Waals surface area contributed by atoms with Gasteiger partial charge in [0, 0.05) is 16.3 Å². The molecule has 0 aliphatic heterocycles. The maximum absolute atomic E-state index is 12.6.